The zero-order chi connectivity index (χ0) is 17.8. The lowest BCUT2D eigenvalue weighted by molar-refractivity contribution is 0.171. The molecule has 3 aromatic rings. The minimum atomic E-state index is -0.182. The van der Waals surface area contributed by atoms with E-state index in [0.717, 1.165) is 50.0 Å². The summed E-state index contributed by atoms with van der Waals surface area (Å²) in [6, 6.07) is 10.5. The van der Waals surface area contributed by atoms with E-state index in [9.17, 15) is 4.39 Å². The Morgan fingerprint density at radius 1 is 1.04 bits per heavy atom. The number of halogens is 1. The molecule has 0 bridgehead atoms. The van der Waals surface area contributed by atoms with Crippen LogP contribution in [0.3, 0.4) is 0 Å². The van der Waals surface area contributed by atoms with E-state index in [-0.39, 0.29) is 5.82 Å². The summed E-state index contributed by atoms with van der Waals surface area (Å²) in [5, 5.41) is 4.07. The van der Waals surface area contributed by atoms with Gasteiger partial charge in [-0.3, -0.25) is 9.88 Å². The van der Waals surface area contributed by atoms with Gasteiger partial charge < -0.3 is 4.52 Å². The molecule has 1 aromatic carbocycles. The number of piperidine rings is 1. The van der Waals surface area contributed by atoms with Gasteiger partial charge in [0.2, 0.25) is 11.7 Å². The molecule has 3 heterocycles. The average molecular weight is 352 g/mol. The van der Waals surface area contributed by atoms with E-state index in [4.69, 9.17) is 4.52 Å². The number of likely N-dealkylation sites (tertiary alicyclic amines) is 1. The largest absolute Gasteiger partial charge is 0.339 e. The Kier molecular flexibility index (Phi) is 5.02. The molecule has 0 radical (unpaired) electrons. The van der Waals surface area contributed by atoms with E-state index in [1.165, 1.54) is 12.1 Å². The van der Waals surface area contributed by atoms with E-state index >= 15 is 0 Å². The number of aromatic nitrogens is 3. The maximum atomic E-state index is 13.0. The van der Waals surface area contributed by atoms with Gasteiger partial charge in [-0.25, -0.2) is 4.39 Å². The van der Waals surface area contributed by atoms with Gasteiger partial charge in [-0.2, -0.15) is 4.98 Å². The number of nitrogens with zero attached hydrogens (tertiary/aromatic N) is 4. The molecule has 0 N–H and O–H groups in total. The summed E-state index contributed by atoms with van der Waals surface area (Å²) in [5.41, 5.74) is 2.08. The first-order valence-electron chi connectivity index (χ1n) is 8.96. The predicted molar refractivity (Wildman–Crippen MR) is 95.6 cm³/mol. The third kappa shape index (κ3) is 4.14. The first kappa shape index (κ1) is 16.8. The van der Waals surface area contributed by atoms with E-state index in [0.29, 0.717) is 17.6 Å². The number of pyridine rings is 1. The number of hydrogen-bond donors (Lipinski definition) is 0. The SMILES string of the molecule is Fc1ccc(CN2CCC(Cc3nc(-c4ccncc4)no3)CC2)cc1. The molecule has 5 nitrogen and oxygen atoms in total. The third-order valence-corrected chi connectivity index (χ3v) is 4.90. The van der Waals surface area contributed by atoms with E-state index < -0.39 is 0 Å². The van der Waals surface area contributed by atoms with Gasteiger partial charge in [0, 0.05) is 30.9 Å². The molecular formula is C20H21FN4O. The highest BCUT2D eigenvalue weighted by Crippen LogP contribution is 2.23. The molecule has 0 aliphatic carbocycles. The van der Waals surface area contributed by atoms with Gasteiger partial charge in [0.1, 0.15) is 5.82 Å². The van der Waals surface area contributed by atoms with Crippen LogP contribution >= 0.6 is 0 Å². The summed E-state index contributed by atoms with van der Waals surface area (Å²) in [5.74, 6) is 1.70. The maximum absolute atomic E-state index is 13.0. The zero-order valence-corrected chi connectivity index (χ0v) is 14.5. The maximum Gasteiger partial charge on any atom is 0.227 e. The summed E-state index contributed by atoms with van der Waals surface area (Å²) in [6.45, 7) is 2.94. The summed E-state index contributed by atoms with van der Waals surface area (Å²) < 4.78 is 18.4. The van der Waals surface area contributed by atoms with Crippen LogP contribution in [0.5, 0.6) is 0 Å². The van der Waals surface area contributed by atoms with Crippen molar-refractivity contribution in [2.24, 2.45) is 5.92 Å². The first-order chi connectivity index (χ1) is 12.8. The van der Waals surface area contributed by atoms with E-state index in [2.05, 4.69) is 20.0 Å². The van der Waals surface area contributed by atoms with Crippen molar-refractivity contribution in [3.63, 3.8) is 0 Å². The van der Waals surface area contributed by atoms with Crippen LogP contribution in [0.4, 0.5) is 4.39 Å². The van der Waals surface area contributed by atoms with Crippen molar-refractivity contribution < 1.29 is 8.91 Å². The molecule has 4 rings (SSSR count). The van der Waals surface area contributed by atoms with Crippen molar-refractivity contribution in [3.8, 4) is 11.4 Å². The second-order valence-corrected chi connectivity index (χ2v) is 6.80. The fourth-order valence-corrected chi connectivity index (χ4v) is 3.40. The van der Waals surface area contributed by atoms with Gasteiger partial charge in [-0.05, 0) is 61.7 Å². The highest BCUT2D eigenvalue weighted by Gasteiger charge is 2.22. The van der Waals surface area contributed by atoms with Crippen molar-refractivity contribution in [1.82, 2.24) is 20.0 Å². The Hall–Kier alpha value is -2.60. The molecule has 0 amide bonds. The molecule has 0 saturated carbocycles. The zero-order valence-electron chi connectivity index (χ0n) is 14.5. The Morgan fingerprint density at radius 3 is 2.50 bits per heavy atom. The Morgan fingerprint density at radius 2 is 1.77 bits per heavy atom. The third-order valence-electron chi connectivity index (χ3n) is 4.90. The van der Waals surface area contributed by atoms with Crippen molar-refractivity contribution >= 4 is 0 Å². The van der Waals surface area contributed by atoms with Gasteiger partial charge >= 0.3 is 0 Å². The lowest BCUT2D eigenvalue weighted by Gasteiger charge is -2.31. The fraction of sp³-hybridized carbons (Fsp3) is 0.350. The van der Waals surface area contributed by atoms with Crippen molar-refractivity contribution in [2.75, 3.05) is 13.1 Å². The Balaban J connectivity index is 1.29. The molecule has 0 unspecified atom stereocenters. The molecular weight excluding hydrogens is 331 g/mol. The molecule has 0 atom stereocenters. The molecule has 26 heavy (non-hydrogen) atoms. The summed E-state index contributed by atoms with van der Waals surface area (Å²) in [7, 11) is 0. The van der Waals surface area contributed by atoms with Gasteiger partial charge in [0.05, 0.1) is 0 Å². The minimum absolute atomic E-state index is 0.182. The van der Waals surface area contributed by atoms with Crippen molar-refractivity contribution in [3.05, 3.63) is 66.1 Å². The van der Waals surface area contributed by atoms with E-state index in [1.807, 2.05) is 24.3 Å². The minimum Gasteiger partial charge on any atom is -0.339 e. The van der Waals surface area contributed by atoms with Gasteiger partial charge in [0.15, 0.2) is 0 Å². The van der Waals surface area contributed by atoms with Gasteiger partial charge in [0.25, 0.3) is 0 Å². The number of hydrogen-bond acceptors (Lipinski definition) is 5. The molecule has 1 saturated heterocycles. The van der Waals surface area contributed by atoms with Gasteiger partial charge in [-0.1, -0.05) is 17.3 Å². The highest BCUT2D eigenvalue weighted by atomic mass is 19.1. The van der Waals surface area contributed by atoms with Crippen LogP contribution in [0, 0.1) is 11.7 Å². The van der Waals surface area contributed by atoms with E-state index in [1.54, 1.807) is 12.4 Å². The monoisotopic (exact) mass is 352 g/mol. The van der Waals surface area contributed by atoms with Crippen LogP contribution in [0.25, 0.3) is 11.4 Å². The fourth-order valence-electron chi connectivity index (χ4n) is 3.40. The first-order valence-corrected chi connectivity index (χ1v) is 8.96. The summed E-state index contributed by atoms with van der Waals surface area (Å²) >= 11 is 0. The standard InChI is InChI=1S/C20H21FN4O/c21-18-3-1-16(2-4-18)14-25-11-7-15(8-12-25)13-19-23-20(24-26-19)17-5-9-22-10-6-17/h1-6,9-10,15H,7-8,11-14H2. The van der Waals surface area contributed by atoms with Crippen molar-refractivity contribution in [2.45, 2.75) is 25.8 Å². The van der Waals surface area contributed by atoms with Crippen LogP contribution in [-0.2, 0) is 13.0 Å². The van der Waals surface area contributed by atoms with Crippen LogP contribution in [0.1, 0.15) is 24.3 Å². The molecule has 134 valence electrons. The normalized spacial score (nSPS) is 16.0. The van der Waals surface area contributed by atoms with Gasteiger partial charge in [-0.15, -0.1) is 0 Å². The quantitative estimate of drug-likeness (QED) is 0.700. The molecule has 6 heteroatoms. The number of benzene rings is 1. The van der Waals surface area contributed by atoms with Crippen LogP contribution in [0.2, 0.25) is 0 Å². The smallest absolute Gasteiger partial charge is 0.227 e. The lowest BCUT2D eigenvalue weighted by Crippen LogP contribution is -2.33. The van der Waals surface area contributed by atoms with Crippen LogP contribution in [0.15, 0.2) is 53.3 Å². The molecule has 1 aliphatic heterocycles. The van der Waals surface area contributed by atoms with Crippen molar-refractivity contribution in [1.29, 1.82) is 0 Å². The second-order valence-electron chi connectivity index (χ2n) is 6.80. The molecule has 0 spiro atoms. The molecule has 2 aromatic heterocycles. The molecule has 1 aliphatic rings. The second kappa shape index (κ2) is 7.74. The summed E-state index contributed by atoms with van der Waals surface area (Å²) in [4.78, 5) is 10.9. The average Bonchev–Trinajstić information content (AvgIpc) is 3.14. The predicted octanol–water partition coefficient (Wildman–Crippen LogP) is 3.73. The van der Waals surface area contributed by atoms with Crippen LogP contribution < -0.4 is 0 Å². The molecule has 1 fully saturated rings. The van der Waals surface area contributed by atoms with Crippen LogP contribution in [-0.4, -0.2) is 33.1 Å². The topological polar surface area (TPSA) is 55.1 Å². The summed E-state index contributed by atoms with van der Waals surface area (Å²) in [6.07, 6.45) is 6.48. The highest BCUT2D eigenvalue weighted by molar-refractivity contribution is 5.52. The Bertz CT molecular complexity index is 827. The lowest BCUT2D eigenvalue weighted by atomic mass is 9.93. The Labute approximate surface area is 151 Å². The number of rotatable bonds is 5.